The lowest BCUT2D eigenvalue weighted by atomic mass is 9.83. The molecule has 3 aromatic rings. The zero-order chi connectivity index (χ0) is 22.5. The number of amides is 1. The van der Waals surface area contributed by atoms with E-state index in [4.69, 9.17) is 0 Å². The summed E-state index contributed by atoms with van der Waals surface area (Å²) in [4.78, 5) is 15.3. The van der Waals surface area contributed by atoms with E-state index < -0.39 is 0 Å². The Balaban J connectivity index is 1.50. The molecule has 1 aliphatic rings. The van der Waals surface area contributed by atoms with Gasteiger partial charge in [0.25, 0.3) is 0 Å². The third kappa shape index (κ3) is 5.60. The lowest BCUT2D eigenvalue weighted by Crippen LogP contribution is -2.45. The van der Waals surface area contributed by atoms with Crippen LogP contribution in [0.25, 0.3) is 0 Å². The van der Waals surface area contributed by atoms with E-state index >= 15 is 0 Å². The molecule has 166 valence electrons. The van der Waals surface area contributed by atoms with Crippen LogP contribution in [0.5, 0.6) is 0 Å². The van der Waals surface area contributed by atoms with E-state index in [1.165, 1.54) is 18.2 Å². The van der Waals surface area contributed by atoms with Crippen LogP contribution in [0.1, 0.15) is 34.6 Å². The van der Waals surface area contributed by atoms with Crippen molar-refractivity contribution in [2.24, 2.45) is 5.92 Å². The molecule has 0 bridgehead atoms. The van der Waals surface area contributed by atoms with E-state index in [9.17, 15) is 13.6 Å². The molecule has 2 atom stereocenters. The van der Waals surface area contributed by atoms with Gasteiger partial charge in [0.15, 0.2) is 0 Å². The van der Waals surface area contributed by atoms with Crippen molar-refractivity contribution in [3.63, 3.8) is 0 Å². The van der Waals surface area contributed by atoms with Gasteiger partial charge in [0.1, 0.15) is 11.6 Å². The number of hydrogen-bond donors (Lipinski definition) is 1. The second-order valence-corrected chi connectivity index (χ2v) is 8.66. The van der Waals surface area contributed by atoms with Gasteiger partial charge in [0.05, 0.1) is 5.92 Å². The molecule has 1 heterocycles. The Bertz CT molecular complexity index is 1050. The summed E-state index contributed by atoms with van der Waals surface area (Å²) in [7, 11) is 0. The van der Waals surface area contributed by atoms with E-state index in [0.29, 0.717) is 31.6 Å². The van der Waals surface area contributed by atoms with Gasteiger partial charge in [-0.1, -0.05) is 54.6 Å². The number of nitrogens with zero attached hydrogens (tertiary/aromatic N) is 1. The molecule has 1 N–H and O–H groups in total. The van der Waals surface area contributed by atoms with Crippen molar-refractivity contribution >= 4 is 5.91 Å². The summed E-state index contributed by atoms with van der Waals surface area (Å²) in [5.74, 6) is -0.504. The first kappa shape index (κ1) is 22.2. The Kier molecular flexibility index (Phi) is 6.96. The number of halogens is 2. The molecule has 0 radical (unpaired) electrons. The first-order valence-electron chi connectivity index (χ1n) is 11.0. The molecule has 1 fully saturated rings. The van der Waals surface area contributed by atoms with Crippen molar-refractivity contribution < 1.29 is 13.6 Å². The summed E-state index contributed by atoms with van der Waals surface area (Å²) < 4.78 is 27.1. The summed E-state index contributed by atoms with van der Waals surface area (Å²) in [6, 6.07) is 21.6. The Morgan fingerprint density at radius 3 is 2.44 bits per heavy atom. The smallest absolute Gasteiger partial charge is 0.224 e. The quantitative estimate of drug-likeness (QED) is 0.579. The van der Waals surface area contributed by atoms with Crippen LogP contribution in [-0.2, 0) is 17.9 Å². The number of benzene rings is 3. The predicted molar refractivity (Wildman–Crippen MR) is 122 cm³/mol. The molecule has 0 unspecified atom stereocenters. The van der Waals surface area contributed by atoms with E-state index in [-0.39, 0.29) is 29.4 Å². The van der Waals surface area contributed by atoms with Crippen LogP contribution in [0.3, 0.4) is 0 Å². The molecule has 0 saturated carbocycles. The average Bonchev–Trinajstić information content (AvgIpc) is 2.81. The van der Waals surface area contributed by atoms with Gasteiger partial charge in [-0.15, -0.1) is 0 Å². The number of nitrogens with one attached hydrogen (secondary N) is 1. The molecular weight excluding hydrogens is 406 g/mol. The minimum Gasteiger partial charge on any atom is -0.352 e. The van der Waals surface area contributed by atoms with Gasteiger partial charge in [0, 0.05) is 26.2 Å². The number of aryl methyl sites for hydroxylation is 1. The highest BCUT2D eigenvalue weighted by atomic mass is 19.1. The van der Waals surface area contributed by atoms with Crippen LogP contribution in [-0.4, -0.2) is 23.9 Å². The van der Waals surface area contributed by atoms with Gasteiger partial charge in [0.2, 0.25) is 5.91 Å². The van der Waals surface area contributed by atoms with Crippen molar-refractivity contribution in [1.29, 1.82) is 0 Å². The summed E-state index contributed by atoms with van der Waals surface area (Å²) in [5, 5.41) is 3.08. The van der Waals surface area contributed by atoms with Crippen LogP contribution in [0.4, 0.5) is 8.78 Å². The van der Waals surface area contributed by atoms with Crippen LogP contribution < -0.4 is 5.32 Å². The highest BCUT2D eigenvalue weighted by Gasteiger charge is 2.32. The Morgan fingerprint density at radius 1 is 0.969 bits per heavy atom. The molecule has 0 aliphatic carbocycles. The van der Waals surface area contributed by atoms with E-state index in [2.05, 4.69) is 10.2 Å². The predicted octanol–water partition coefficient (Wildman–Crippen LogP) is 5.20. The monoisotopic (exact) mass is 434 g/mol. The molecule has 1 aliphatic heterocycles. The Labute approximate surface area is 188 Å². The maximum absolute atomic E-state index is 13.8. The number of carbonyl (C=O) groups excluding carboxylic acids is 1. The van der Waals surface area contributed by atoms with Gasteiger partial charge in [-0.05, 0) is 59.7 Å². The largest absolute Gasteiger partial charge is 0.352 e. The second kappa shape index (κ2) is 10.0. The molecule has 3 aromatic carbocycles. The lowest BCUT2D eigenvalue weighted by Gasteiger charge is -2.37. The molecule has 0 spiro atoms. The van der Waals surface area contributed by atoms with Gasteiger partial charge >= 0.3 is 0 Å². The molecular formula is C27H28F2N2O. The molecule has 5 heteroatoms. The zero-order valence-corrected chi connectivity index (χ0v) is 18.2. The fourth-order valence-corrected chi connectivity index (χ4v) is 4.45. The molecule has 32 heavy (non-hydrogen) atoms. The molecule has 3 nitrogen and oxygen atoms in total. The van der Waals surface area contributed by atoms with E-state index in [0.717, 1.165) is 23.2 Å². The van der Waals surface area contributed by atoms with Crippen LogP contribution in [0, 0.1) is 24.5 Å². The van der Waals surface area contributed by atoms with Gasteiger partial charge in [-0.25, -0.2) is 8.78 Å². The zero-order valence-electron chi connectivity index (χ0n) is 18.2. The van der Waals surface area contributed by atoms with Crippen molar-refractivity contribution in [2.45, 2.75) is 32.4 Å². The first-order valence-corrected chi connectivity index (χ1v) is 11.0. The van der Waals surface area contributed by atoms with Crippen molar-refractivity contribution in [3.05, 3.63) is 107 Å². The van der Waals surface area contributed by atoms with Crippen LogP contribution in [0.2, 0.25) is 0 Å². The van der Waals surface area contributed by atoms with Gasteiger partial charge < -0.3 is 5.32 Å². The summed E-state index contributed by atoms with van der Waals surface area (Å²) in [5.41, 5.74) is 3.73. The van der Waals surface area contributed by atoms with Gasteiger partial charge in [-0.3, -0.25) is 9.69 Å². The van der Waals surface area contributed by atoms with Crippen LogP contribution >= 0.6 is 0 Å². The number of hydrogen-bond acceptors (Lipinski definition) is 2. The topological polar surface area (TPSA) is 32.3 Å². The lowest BCUT2D eigenvalue weighted by molar-refractivity contribution is -0.127. The fraction of sp³-hybridized carbons (Fsp3) is 0.296. The van der Waals surface area contributed by atoms with Crippen molar-refractivity contribution in [1.82, 2.24) is 10.2 Å². The third-order valence-electron chi connectivity index (χ3n) is 6.18. The summed E-state index contributed by atoms with van der Waals surface area (Å²) >= 11 is 0. The van der Waals surface area contributed by atoms with Crippen molar-refractivity contribution in [2.75, 3.05) is 13.1 Å². The number of carbonyl (C=O) groups is 1. The second-order valence-electron chi connectivity index (χ2n) is 8.66. The Morgan fingerprint density at radius 2 is 1.72 bits per heavy atom. The SMILES string of the molecule is Cc1cc([C@@H]2C[C@H](C(=O)NCc3ccccc3)CN(Cc3ccc(F)cc3)C2)ccc1F. The molecule has 0 aromatic heterocycles. The maximum atomic E-state index is 13.8. The van der Waals surface area contributed by atoms with Crippen LogP contribution in [0.15, 0.2) is 72.8 Å². The third-order valence-corrected chi connectivity index (χ3v) is 6.18. The Hall–Kier alpha value is -3.05. The number of rotatable bonds is 6. The van der Waals surface area contributed by atoms with Crippen molar-refractivity contribution in [3.8, 4) is 0 Å². The van der Waals surface area contributed by atoms with E-state index in [1.807, 2.05) is 42.5 Å². The van der Waals surface area contributed by atoms with E-state index in [1.54, 1.807) is 19.1 Å². The fourth-order valence-electron chi connectivity index (χ4n) is 4.45. The molecule has 1 saturated heterocycles. The summed E-state index contributed by atoms with van der Waals surface area (Å²) in [6.07, 6.45) is 0.714. The molecule has 4 rings (SSSR count). The maximum Gasteiger partial charge on any atom is 0.224 e. The minimum absolute atomic E-state index is 0.0292. The highest BCUT2D eigenvalue weighted by molar-refractivity contribution is 5.79. The van der Waals surface area contributed by atoms with Gasteiger partial charge in [-0.2, -0.15) is 0 Å². The normalized spacial score (nSPS) is 19.0. The standard InChI is InChI=1S/C27H28F2N2O/c1-19-13-22(9-12-26(19)29)23-14-24(27(32)30-15-20-5-3-2-4-6-20)18-31(17-23)16-21-7-10-25(28)11-8-21/h2-13,23-24H,14-18H2,1H3,(H,30,32)/t23-,24+/m1/s1. The average molecular weight is 435 g/mol. The number of likely N-dealkylation sites (tertiary alicyclic amines) is 1. The molecule has 1 amide bonds. The first-order chi connectivity index (χ1) is 15.5. The number of piperidine rings is 1. The highest BCUT2D eigenvalue weighted by Crippen LogP contribution is 2.32. The summed E-state index contributed by atoms with van der Waals surface area (Å²) in [6.45, 7) is 4.30. The minimum atomic E-state index is -0.259.